The van der Waals surface area contributed by atoms with Gasteiger partial charge in [-0.1, -0.05) is 13.8 Å². The van der Waals surface area contributed by atoms with Crippen LogP contribution in [0.3, 0.4) is 0 Å². The van der Waals surface area contributed by atoms with E-state index in [0.717, 1.165) is 6.07 Å². The summed E-state index contributed by atoms with van der Waals surface area (Å²) in [5.74, 6) is -0.738. The summed E-state index contributed by atoms with van der Waals surface area (Å²) in [6.45, 7) is 3.66. The van der Waals surface area contributed by atoms with Crippen molar-refractivity contribution < 1.29 is 22.7 Å². The van der Waals surface area contributed by atoms with E-state index in [0.29, 0.717) is 12.1 Å². The molecule has 3 N–H and O–H groups in total. The minimum atomic E-state index is -4.56. The first-order valence-corrected chi connectivity index (χ1v) is 5.93. The van der Waals surface area contributed by atoms with Crippen LogP contribution in [0, 0.1) is 11.7 Å². The van der Waals surface area contributed by atoms with Crippen LogP contribution in [-0.2, 0) is 6.18 Å². The number of nitrogens with two attached hydrogens (primary N) is 1. The quantitative estimate of drug-likeness (QED) is 0.833. The number of alkyl halides is 3. The van der Waals surface area contributed by atoms with Gasteiger partial charge in [0.25, 0.3) is 0 Å². The number of rotatable bonds is 4. The zero-order chi connectivity index (χ0) is 14.8. The summed E-state index contributed by atoms with van der Waals surface area (Å²) in [5.41, 5.74) is 4.35. The van der Waals surface area contributed by atoms with Gasteiger partial charge in [-0.2, -0.15) is 13.2 Å². The van der Waals surface area contributed by atoms with E-state index in [-0.39, 0.29) is 30.3 Å². The van der Waals surface area contributed by atoms with Crippen LogP contribution in [0.15, 0.2) is 18.2 Å². The molecule has 1 aromatic carbocycles. The summed E-state index contributed by atoms with van der Waals surface area (Å²) in [7, 11) is 0. The molecule has 0 bridgehead atoms. The smallest absolute Gasteiger partial charge is 0.391 e. The standard InChI is InChI=1S/C13H17F4NO.ClH/c1-7(2)5-11(19)12(18)9-6-8(13(15,16)17)3-4-10(9)14;/h3-4,6-7,11-12,19H,5,18H2,1-2H3;1H/t11-,12+;/m0./s1. The summed E-state index contributed by atoms with van der Waals surface area (Å²) in [4.78, 5) is 0. The molecule has 0 spiro atoms. The molecule has 1 rings (SSSR count). The molecule has 0 saturated heterocycles. The molecule has 0 saturated carbocycles. The molecule has 20 heavy (non-hydrogen) atoms. The Kier molecular flexibility index (Phi) is 6.93. The first kappa shape index (κ1) is 19.1. The molecule has 0 unspecified atom stereocenters. The molecule has 0 amide bonds. The van der Waals surface area contributed by atoms with Crippen LogP contribution in [0.1, 0.15) is 37.4 Å². The van der Waals surface area contributed by atoms with Crippen LogP contribution in [0.5, 0.6) is 0 Å². The Morgan fingerprint density at radius 2 is 1.80 bits per heavy atom. The van der Waals surface area contributed by atoms with Gasteiger partial charge in [-0.3, -0.25) is 0 Å². The van der Waals surface area contributed by atoms with E-state index in [1.807, 2.05) is 13.8 Å². The molecule has 0 heterocycles. The molecule has 7 heteroatoms. The van der Waals surface area contributed by atoms with Crippen molar-refractivity contribution in [2.24, 2.45) is 11.7 Å². The molecular weight excluding hydrogens is 298 g/mol. The van der Waals surface area contributed by atoms with E-state index in [9.17, 15) is 22.7 Å². The first-order valence-electron chi connectivity index (χ1n) is 5.93. The summed E-state index contributed by atoms with van der Waals surface area (Å²) >= 11 is 0. The number of aliphatic hydroxyl groups is 1. The second-order valence-corrected chi connectivity index (χ2v) is 4.96. The lowest BCUT2D eigenvalue weighted by Crippen LogP contribution is -2.28. The van der Waals surface area contributed by atoms with Gasteiger partial charge in [-0.25, -0.2) is 4.39 Å². The van der Waals surface area contributed by atoms with Crippen molar-refractivity contribution >= 4 is 12.4 Å². The van der Waals surface area contributed by atoms with E-state index < -0.39 is 29.7 Å². The van der Waals surface area contributed by atoms with Gasteiger partial charge in [-0.15, -0.1) is 12.4 Å². The third-order valence-corrected chi connectivity index (χ3v) is 2.81. The van der Waals surface area contributed by atoms with Crippen LogP contribution in [0.4, 0.5) is 17.6 Å². The second-order valence-electron chi connectivity index (χ2n) is 4.96. The fourth-order valence-electron chi connectivity index (χ4n) is 1.81. The predicted molar refractivity (Wildman–Crippen MR) is 71.0 cm³/mol. The highest BCUT2D eigenvalue weighted by molar-refractivity contribution is 5.85. The van der Waals surface area contributed by atoms with Gasteiger partial charge in [0.15, 0.2) is 0 Å². The SMILES string of the molecule is CC(C)C[C@H](O)[C@H](N)c1cc(C(F)(F)F)ccc1F.Cl. The lowest BCUT2D eigenvalue weighted by atomic mass is 9.94. The largest absolute Gasteiger partial charge is 0.416 e. The monoisotopic (exact) mass is 315 g/mol. The van der Waals surface area contributed by atoms with Crippen LogP contribution >= 0.6 is 12.4 Å². The van der Waals surface area contributed by atoms with Crippen molar-refractivity contribution in [3.63, 3.8) is 0 Å². The van der Waals surface area contributed by atoms with Gasteiger partial charge >= 0.3 is 6.18 Å². The number of halogens is 5. The molecular formula is C13H18ClF4NO. The highest BCUT2D eigenvalue weighted by Crippen LogP contribution is 2.32. The Balaban J connectivity index is 0.00000361. The van der Waals surface area contributed by atoms with Crippen molar-refractivity contribution in [3.05, 3.63) is 35.1 Å². The number of aliphatic hydroxyl groups excluding tert-OH is 1. The molecule has 2 atom stereocenters. The maximum Gasteiger partial charge on any atom is 0.416 e. The summed E-state index contributed by atoms with van der Waals surface area (Å²) < 4.78 is 51.2. The van der Waals surface area contributed by atoms with Gasteiger partial charge in [0.1, 0.15) is 5.82 Å². The second kappa shape index (κ2) is 7.24. The fourth-order valence-corrected chi connectivity index (χ4v) is 1.81. The van der Waals surface area contributed by atoms with Crippen LogP contribution in [0.25, 0.3) is 0 Å². The van der Waals surface area contributed by atoms with Crippen molar-refractivity contribution in [3.8, 4) is 0 Å². The highest BCUT2D eigenvalue weighted by Gasteiger charge is 2.32. The third kappa shape index (κ3) is 4.92. The summed E-state index contributed by atoms with van der Waals surface area (Å²) in [6, 6.07) is 0.856. The molecule has 0 aliphatic heterocycles. The Morgan fingerprint density at radius 3 is 2.25 bits per heavy atom. The molecule has 0 radical (unpaired) electrons. The summed E-state index contributed by atoms with van der Waals surface area (Å²) in [5, 5.41) is 9.79. The Labute approximate surface area is 121 Å². The fraction of sp³-hybridized carbons (Fsp3) is 0.538. The average Bonchev–Trinajstić information content (AvgIpc) is 2.26. The predicted octanol–water partition coefficient (Wildman–Crippen LogP) is 3.67. The Morgan fingerprint density at radius 1 is 1.25 bits per heavy atom. The topological polar surface area (TPSA) is 46.2 Å². The number of hydrogen-bond donors (Lipinski definition) is 2. The van der Waals surface area contributed by atoms with E-state index in [1.54, 1.807) is 0 Å². The maximum atomic E-state index is 13.5. The zero-order valence-electron chi connectivity index (χ0n) is 11.1. The van der Waals surface area contributed by atoms with Crippen molar-refractivity contribution in [2.75, 3.05) is 0 Å². The normalized spacial score (nSPS) is 14.8. The highest BCUT2D eigenvalue weighted by atomic mass is 35.5. The van der Waals surface area contributed by atoms with Gasteiger partial charge in [0.2, 0.25) is 0 Å². The van der Waals surface area contributed by atoms with E-state index >= 15 is 0 Å². The van der Waals surface area contributed by atoms with Gasteiger partial charge in [0.05, 0.1) is 17.7 Å². The van der Waals surface area contributed by atoms with Crippen molar-refractivity contribution in [2.45, 2.75) is 38.6 Å². The average molecular weight is 316 g/mol. The minimum absolute atomic E-state index is 0. The minimum Gasteiger partial charge on any atom is -0.391 e. The Hall–Kier alpha value is -0.850. The lowest BCUT2D eigenvalue weighted by molar-refractivity contribution is -0.137. The maximum absolute atomic E-state index is 13.5. The van der Waals surface area contributed by atoms with Crippen LogP contribution < -0.4 is 5.73 Å². The van der Waals surface area contributed by atoms with Gasteiger partial charge in [-0.05, 0) is 30.5 Å². The van der Waals surface area contributed by atoms with Crippen molar-refractivity contribution in [1.82, 2.24) is 0 Å². The van der Waals surface area contributed by atoms with Gasteiger partial charge in [0, 0.05) is 5.56 Å². The number of benzene rings is 1. The third-order valence-electron chi connectivity index (χ3n) is 2.81. The van der Waals surface area contributed by atoms with Gasteiger partial charge < -0.3 is 10.8 Å². The molecule has 0 aliphatic rings. The Bertz CT molecular complexity index is 437. The molecule has 1 aromatic rings. The first-order chi connectivity index (χ1) is 8.62. The molecule has 2 nitrogen and oxygen atoms in total. The molecule has 0 aliphatic carbocycles. The lowest BCUT2D eigenvalue weighted by Gasteiger charge is -2.22. The molecule has 0 aromatic heterocycles. The molecule has 0 fully saturated rings. The summed E-state index contributed by atoms with van der Waals surface area (Å²) in [6.07, 6.45) is -5.36. The van der Waals surface area contributed by atoms with Crippen molar-refractivity contribution in [1.29, 1.82) is 0 Å². The van der Waals surface area contributed by atoms with Crippen LogP contribution in [-0.4, -0.2) is 11.2 Å². The number of hydrogen-bond acceptors (Lipinski definition) is 2. The van der Waals surface area contributed by atoms with E-state index in [4.69, 9.17) is 5.73 Å². The van der Waals surface area contributed by atoms with E-state index in [1.165, 1.54) is 0 Å². The zero-order valence-corrected chi connectivity index (χ0v) is 11.9. The van der Waals surface area contributed by atoms with Crippen LogP contribution in [0.2, 0.25) is 0 Å². The van der Waals surface area contributed by atoms with E-state index in [2.05, 4.69) is 0 Å². The molecule has 116 valence electrons.